The number of piperidine rings is 1. The minimum Gasteiger partial charge on any atom is -0.339 e. The molecule has 0 aromatic heterocycles. The van der Waals surface area contributed by atoms with Crippen molar-refractivity contribution in [2.75, 3.05) is 25.9 Å². The summed E-state index contributed by atoms with van der Waals surface area (Å²) < 4.78 is 28.1. The summed E-state index contributed by atoms with van der Waals surface area (Å²) in [4.78, 5) is 15.9. The molecule has 0 spiro atoms. The Morgan fingerprint density at radius 3 is 2.38 bits per heavy atom. The van der Waals surface area contributed by atoms with Crippen LogP contribution in [-0.4, -0.2) is 49.4 Å². The Bertz CT molecular complexity index is 940. The molecule has 1 saturated heterocycles. The zero-order valence-electron chi connectivity index (χ0n) is 17.0. The fourth-order valence-electron chi connectivity index (χ4n) is 3.58. The second kappa shape index (κ2) is 9.78. The van der Waals surface area contributed by atoms with Gasteiger partial charge in [-0.05, 0) is 49.3 Å². The smallest absolute Gasteiger partial charge is 0.255 e. The maximum atomic E-state index is 13.3. The maximum absolute atomic E-state index is 13.3. The van der Waals surface area contributed by atoms with Gasteiger partial charge in [0.2, 0.25) is 10.0 Å². The molecule has 156 valence electrons. The zero-order chi connectivity index (χ0) is 20.9. The van der Waals surface area contributed by atoms with Gasteiger partial charge in [-0.2, -0.15) is 4.31 Å². The lowest BCUT2D eigenvalue weighted by molar-refractivity contribution is 0.0720. The molecule has 29 heavy (non-hydrogen) atoms. The molecule has 2 aromatic rings. The van der Waals surface area contributed by atoms with Crippen molar-refractivity contribution < 1.29 is 13.2 Å². The second-order valence-electron chi connectivity index (χ2n) is 7.13. The lowest BCUT2D eigenvalue weighted by Gasteiger charge is -2.28. The number of carbonyl (C=O) groups excluding carboxylic acids is 1. The molecule has 0 radical (unpaired) electrons. The van der Waals surface area contributed by atoms with Gasteiger partial charge in [-0.1, -0.05) is 37.3 Å². The van der Waals surface area contributed by atoms with E-state index in [9.17, 15) is 13.2 Å². The summed E-state index contributed by atoms with van der Waals surface area (Å²) >= 11 is 1.47. The van der Waals surface area contributed by atoms with E-state index < -0.39 is 10.0 Å². The average Bonchev–Trinajstić information content (AvgIpc) is 2.77. The quantitative estimate of drug-likeness (QED) is 0.614. The number of nitrogens with zero attached hydrogens (tertiary/aromatic N) is 2. The van der Waals surface area contributed by atoms with Crippen LogP contribution in [0.3, 0.4) is 0 Å². The number of likely N-dealkylation sites (tertiary alicyclic amines) is 1. The molecule has 0 unspecified atom stereocenters. The number of carbonyl (C=O) groups is 1. The van der Waals surface area contributed by atoms with Crippen molar-refractivity contribution in [3.8, 4) is 0 Å². The number of rotatable bonds is 7. The monoisotopic (exact) mass is 432 g/mol. The van der Waals surface area contributed by atoms with Crippen molar-refractivity contribution in [3.05, 3.63) is 59.7 Å². The summed E-state index contributed by atoms with van der Waals surface area (Å²) in [6, 6.07) is 14.5. The Balaban J connectivity index is 1.93. The van der Waals surface area contributed by atoms with Crippen molar-refractivity contribution in [3.63, 3.8) is 0 Å². The average molecular weight is 433 g/mol. The molecule has 0 atom stereocenters. The first-order valence-corrected chi connectivity index (χ1v) is 12.6. The van der Waals surface area contributed by atoms with E-state index in [0.717, 1.165) is 42.8 Å². The molecule has 7 heteroatoms. The first kappa shape index (κ1) is 21.9. The SMILES string of the molecule is CCN(Cc1ccccc1)S(=O)(=O)c1ccc(SC)c(C(=O)N2CCCCC2)c1. The van der Waals surface area contributed by atoms with Gasteiger partial charge in [0.05, 0.1) is 10.5 Å². The molecule has 1 aliphatic rings. The van der Waals surface area contributed by atoms with E-state index in [1.807, 2.05) is 48.4 Å². The third kappa shape index (κ3) is 5.02. The van der Waals surface area contributed by atoms with E-state index in [0.29, 0.717) is 18.7 Å². The molecule has 2 aromatic carbocycles. The Kier molecular flexibility index (Phi) is 7.38. The predicted molar refractivity (Wildman–Crippen MR) is 118 cm³/mol. The van der Waals surface area contributed by atoms with Crippen LogP contribution >= 0.6 is 11.8 Å². The molecular weight excluding hydrogens is 404 g/mol. The number of benzene rings is 2. The van der Waals surface area contributed by atoms with Crippen LogP contribution in [0.2, 0.25) is 0 Å². The topological polar surface area (TPSA) is 57.7 Å². The first-order chi connectivity index (χ1) is 14.0. The molecule has 3 rings (SSSR count). The van der Waals surface area contributed by atoms with E-state index in [4.69, 9.17) is 0 Å². The van der Waals surface area contributed by atoms with Gasteiger partial charge in [0.1, 0.15) is 0 Å². The molecule has 0 saturated carbocycles. The summed E-state index contributed by atoms with van der Waals surface area (Å²) in [7, 11) is -3.71. The van der Waals surface area contributed by atoms with E-state index in [2.05, 4.69) is 0 Å². The normalized spacial score (nSPS) is 14.9. The standard InChI is InChI=1S/C22H28N2O3S2/c1-3-24(17-18-10-6-4-7-11-18)29(26,27)19-12-13-21(28-2)20(16-19)22(25)23-14-8-5-9-15-23/h4,6-7,10-13,16H,3,5,8-9,14-15,17H2,1-2H3. The van der Waals surface area contributed by atoms with Crippen LogP contribution in [0.1, 0.15) is 42.1 Å². The summed E-state index contributed by atoms with van der Waals surface area (Å²) in [6.07, 6.45) is 5.04. The Labute approximate surface area is 178 Å². The molecule has 0 bridgehead atoms. The minimum atomic E-state index is -3.71. The van der Waals surface area contributed by atoms with Gasteiger partial charge >= 0.3 is 0 Å². The zero-order valence-corrected chi connectivity index (χ0v) is 18.6. The van der Waals surface area contributed by atoms with Gasteiger partial charge < -0.3 is 4.90 Å². The van der Waals surface area contributed by atoms with Crippen LogP contribution in [-0.2, 0) is 16.6 Å². The van der Waals surface area contributed by atoms with E-state index >= 15 is 0 Å². The molecule has 5 nitrogen and oxygen atoms in total. The highest BCUT2D eigenvalue weighted by atomic mass is 32.2. The molecule has 1 heterocycles. The Hall–Kier alpha value is -1.83. The highest BCUT2D eigenvalue weighted by Gasteiger charge is 2.27. The van der Waals surface area contributed by atoms with Crippen LogP contribution < -0.4 is 0 Å². The predicted octanol–water partition coefficient (Wildman–Crippen LogP) is 4.25. The van der Waals surface area contributed by atoms with Crippen LogP contribution in [0, 0.1) is 0 Å². The van der Waals surface area contributed by atoms with Gasteiger partial charge in [0.25, 0.3) is 5.91 Å². The lowest BCUT2D eigenvalue weighted by atomic mass is 10.1. The van der Waals surface area contributed by atoms with Gasteiger partial charge in [-0.3, -0.25) is 4.79 Å². The number of hydrogen-bond donors (Lipinski definition) is 0. The van der Waals surface area contributed by atoms with Crippen LogP contribution in [0.25, 0.3) is 0 Å². The molecule has 1 amide bonds. The molecule has 0 aliphatic carbocycles. The van der Waals surface area contributed by atoms with E-state index in [1.54, 1.807) is 18.2 Å². The summed E-state index contributed by atoms with van der Waals surface area (Å²) in [5, 5.41) is 0. The van der Waals surface area contributed by atoms with E-state index in [-0.39, 0.29) is 10.8 Å². The first-order valence-electron chi connectivity index (χ1n) is 9.98. The van der Waals surface area contributed by atoms with Gasteiger partial charge in [-0.15, -0.1) is 11.8 Å². The van der Waals surface area contributed by atoms with Crippen LogP contribution in [0.5, 0.6) is 0 Å². The second-order valence-corrected chi connectivity index (χ2v) is 9.92. The molecule has 1 aliphatic heterocycles. The number of thioether (sulfide) groups is 1. The van der Waals surface area contributed by atoms with Crippen LogP contribution in [0.15, 0.2) is 58.3 Å². The maximum Gasteiger partial charge on any atom is 0.255 e. The molecular formula is C22H28N2O3S2. The van der Waals surface area contributed by atoms with Crippen molar-refractivity contribution in [1.29, 1.82) is 0 Å². The number of hydrogen-bond acceptors (Lipinski definition) is 4. The third-order valence-corrected chi connectivity index (χ3v) is 7.95. The van der Waals surface area contributed by atoms with E-state index in [1.165, 1.54) is 16.1 Å². The van der Waals surface area contributed by atoms with Crippen molar-refractivity contribution in [1.82, 2.24) is 9.21 Å². The summed E-state index contributed by atoms with van der Waals surface area (Å²) in [6.45, 7) is 3.96. The highest BCUT2D eigenvalue weighted by molar-refractivity contribution is 7.98. The van der Waals surface area contributed by atoms with Crippen molar-refractivity contribution in [2.24, 2.45) is 0 Å². The molecule has 0 N–H and O–H groups in total. The third-order valence-electron chi connectivity index (χ3n) is 5.24. The van der Waals surface area contributed by atoms with Crippen molar-refractivity contribution >= 4 is 27.7 Å². The van der Waals surface area contributed by atoms with Crippen LogP contribution in [0.4, 0.5) is 0 Å². The number of amides is 1. The van der Waals surface area contributed by atoms with Gasteiger partial charge in [0.15, 0.2) is 0 Å². The van der Waals surface area contributed by atoms with Gasteiger partial charge in [-0.25, -0.2) is 8.42 Å². The lowest BCUT2D eigenvalue weighted by Crippen LogP contribution is -2.36. The fraction of sp³-hybridized carbons (Fsp3) is 0.409. The highest BCUT2D eigenvalue weighted by Crippen LogP contribution is 2.28. The Morgan fingerprint density at radius 1 is 1.07 bits per heavy atom. The minimum absolute atomic E-state index is 0.0720. The van der Waals surface area contributed by atoms with Gasteiger partial charge in [0, 0.05) is 31.1 Å². The largest absolute Gasteiger partial charge is 0.339 e. The molecule has 1 fully saturated rings. The Morgan fingerprint density at radius 2 is 1.76 bits per heavy atom. The number of sulfonamides is 1. The summed E-state index contributed by atoms with van der Waals surface area (Å²) in [5.74, 6) is -0.0720. The van der Waals surface area contributed by atoms with Crippen molar-refractivity contribution in [2.45, 2.75) is 42.5 Å². The summed E-state index contributed by atoms with van der Waals surface area (Å²) in [5.41, 5.74) is 1.42. The fourth-order valence-corrected chi connectivity index (χ4v) is 5.62.